The minimum atomic E-state index is -3.87. The number of sulfonamides is 1. The number of hydrogen-bond donors (Lipinski definition) is 1. The Morgan fingerprint density at radius 2 is 1.57 bits per heavy atom. The van der Waals surface area contributed by atoms with Gasteiger partial charge in [-0.15, -0.1) is 0 Å². The third-order valence-electron chi connectivity index (χ3n) is 9.34. The molecule has 1 saturated carbocycles. The second kappa shape index (κ2) is 16.5. The molecular formula is C37H51N3O5S. The van der Waals surface area contributed by atoms with E-state index in [1.807, 2.05) is 44.2 Å². The Balaban J connectivity index is 1.30. The van der Waals surface area contributed by atoms with Gasteiger partial charge in [0.05, 0.1) is 18.6 Å². The van der Waals surface area contributed by atoms with Crippen molar-refractivity contribution in [1.82, 2.24) is 14.5 Å². The van der Waals surface area contributed by atoms with Gasteiger partial charge in [0.25, 0.3) is 0 Å². The number of aryl methyl sites for hydroxylation is 1. The average Bonchev–Trinajstić information content (AvgIpc) is 3.04. The highest BCUT2D eigenvalue weighted by molar-refractivity contribution is 7.89. The van der Waals surface area contributed by atoms with Crippen LogP contribution in [0.15, 0.2) is 71.6 Å². The number of rotatable bonds is 15. The summed E-state index contributed by atoms with van der Waals surface area (Å²) in [6.45, 7) is 6.42. The molecule has 250 valence electrons. The molecule has 1 amide bonds. The van der Waals surface area contributed by atoms with Gasteiger partial charge in [-0.25, -0.2) is 8.42 Å². The maximum atomic E-state index is 14.1. The van der Waals surface area contributed by atoms with Crippen molar-refractivity contribution >= 4 is 15.9 Å². The summed E-state index contributed by atoms with van der Waals surface area (Å²) in [6, 6.07) is 22.4. The van der Waals surface area contributed by atoms with E-state index in [-0.39, 0.29) is 37.1 Å². The SMILES string of the molecule is COc1cc(C)c(S(=O)(=O)N(CCOCC(=O)NCC2CCC(C(c3ccccc3)N(C)C)CC2)Cc2ccccc2)c(C)c1C. The summed E-state index contributed by atoms with van der Waals surface area (Å²) >= 11 is 0. The Bertz CT molecular complexity index is 1520. The van der Waals surface area contributed by atoms with Crippen LogP contribution in [0.4, 0.5) is 0 Å². The lowest BCUT2D eigenvalue weighted by molar-refractivity contribution is -0.126. The molecule has 8 nitrogen and oxygen atoms in total. The first kappa shape index (κ1) is 35.6. The highest BCUT2D eigenvalue weighted by Gasteiger charge is 2.31. The first-order valence-electron chi connectivity index (χ1n) is 16.3. The van der Waals surface area contributed by atoms with E-state index in [4.69, 9.17) is 9.47 Å². The Labute approximate surface area is 276 Å². The van der Waals surface area contributed by atoms with E-state index >= 15 is 0 Å². The minimum Gasteiger partial charge on any atom is -0.496 e. The lowest BCUT2D eigenvalue weighted by atomic mass is 9.76. The molecule has 1 N–H and O–H groups in total. The number of hydrogen-bond acceptors (Lipinski definition) is 6. The molecule has 0 saturated heterocycles. The molecule has 1 fully saturated rings. The summed E-state index contributed by atoms with van der Waals surface area (Å²) in [5.74, 6) is 1.53. The van der Waals surface area contributed by atoms with Gasteiger partial charge in [0.1, 0.15) is 12.4 Å². The first-order chi connectivity index (χ1) is 22.0. The topological polar surface area (TPSA) is 88.2 Å². The zero-order valence-electron chi connectivity index (χ0n) is 28.3. The number of carbonyl (C=O) groups is 1. The van der Waals surface area contributed by atoms with Crippen LogP contribution in [0, 0.1) is 32.6 Å². The van der Waals surface area contributed by atoms with E-state index in [0.29, 0.717) is 41.3 Å². The molecule has 0 spiro atoms. The fourth-order valence-corrected chi connectivity index (χ4v) is 8.72. The lowest BCUT2D eigenvalue weighted by Crippen LogP contribution is -2.37. The van der Waals surface area contributed by atoms with Crippen LogP contribution < -0.4 is 10.1 Å². The van der Waals surface area contributed by atoms with Gasteiger partial charge in [0.2, 0.25) is 15.9 Å². The molecule has 0 aromatic heterocycles. The maximum Gasteiger partial charge on any atom is 0.246 e. The molecule has 4 rings (SSSR count). The number of nitrogens with zero attached hydrogens (tertiary/aromatic N) is 2. The summed E-state index contributed by atoms with van der Waals surface area (Å²) in [6.07, 6.45) is 4.43. The predicted octanol–water partition coefficient (Wildman–Crippen LogP) is 6.05. The van der Waals surface area contributed by atoms with Gasteiger partial charge in [-0.2, -0.15) is 4.31 Å². The smallest absolute Gasteiger partial charge is 0.246 e. The van der Waals surface area contributed by atoms with Crippen LogP contribution in [0.3, 0.4) is 0 Å². The van der Waals surface area contributed by atoms with Crippen LogP contribution in [-0.2, 0) is 26.1 Å². The molecule has 0 bridgehead atoms. The largest absolute Gasteiger partial charge is 0.496 e. The first-order valence-corrected chi connectivity index (χ1v) is 17.7. The van der Waals surface area contributed by atoms with E-state index in [1.54, 1.807) is 20.1 Å². The Morgan fingerprint density at radius 1 is 0.935 bits per heavy atom. The van der Waals surface area contributed by atoms with E-state index < -0.39 is 10.0 Å². The van der Waals surface area contributed by atoms with Crippen molar-refractivity contribution in [3.63, 3.8) is 0 Å². The maximum absolute atomic E-state index is 14.1. The molecule has 0 radical (unpaired) electrons. The van der Waals surface area contributed by atoms with E-state index in [2.05, 4.69) is 54.6 Å². The second-order valence-corrected chi connectivity index (χ2v) is 14.6. The van der Waals surface area contributed by atoms with Crippen molar-refractivity contribution in [3.05, 3.63) is 94.5 Å². The standard InChI is InChI=1S/C37H51N3O5S/c1-27-23-34(44-6)28(2)29(3)37(27)46(42,43)40(25-31-13-9-7-10-14-31)21-22-45-26-35(41)38-24-30-17-19-33(20-18-30)36(39(4)5)32-15-11-8-12-16-32/h7-16,23,30,33,36H,17-22,24-26H2,1-6H3,(H,38,41). The quantitative estimate of drug-likeness (QED) is 0.202. The van der Waals surface area contributed by atoms with Crippen molar-refractivity contribution in [2.75, 3.05) is 47.5 Å². The van der Waals surface area contributed by atoms with Crippen LogP contribution in [0.2, 0.25) is 0 Å². The van der Waals surface area contributed by atoms with Gasteiger partial charge in [0, 0.05) is 25.7 Å². The summed E-state index contributed by atoms with van der Waals surface area (Å²) in [4.78, 5) is 15.3. The molecule has 3 aromatic carbocycles. The van der Waals surface area contributed by atoms with E-state index in [1.165, 1.54) is 9.87 Å². The molecule has 1 aliphatic carbocycles. The van der Waals surface area contributed by atoms with Crippen LogP contribution in [0.25, 0.3) is 0 Å². The third kappa shape index (κ3) is 8.97. The number of methoxy groups -OCH3 is 1. The zero-order valence-corrected chi connectivity index (χ0v) is 29.1. The third-order valence-corrected chi connectivity index (χ3v) is 11.5. The molecule has 0 aliphatic heterocycles. The van der Waals surface area contributed by atoms with Gasteiger partial charge in [-0.05, 0) is 106 Å². The van der Waals surface area contributed by atoms with Crippen LogP contribution in [-0.4, -0.2) is 71.0 Å². The fraction of sp³-hybridized carbons (Fsp3) is 0.486. The van der Waals surface area contributed by atoms with Gasteiger partial charge < -0.3 is 19.7 Å². The van der Waals surface area contributed by atoms with Crippen LogP contribution in [0.5, 0.6) is 5.75 Å². The Kier molecular flexibility index (Phi) is 12.8. The summed E-state index contributed by atoms with van der Waals surface area (Å²) < 4.78 is 40.8. The highest BCUT2D eigenvalue weighted by atomic mass is 32.2. The van der Waals surface area contributed by atoms with Crippen LogP contribution in [0.1, 0.15) is 59.5 Å². The van der Waals surface area contributed by atoms with Crippen molar-refractivity contribution in [1.29, 1.82) is 0 Å². The number of nitrogens with one attached hydrogen (secondary N) is 1. The highest BCUT2D eigenvalue weighted by Crippen LogP contribution is 2.39. The Morgan fingerprint density at radius 3 is 2.17 bits per heavy atom. The average molecular weight is 650 g/mol. The van der Waals surface area contributed by atoms with Crippen molar-refractivity contribution in [2.45, 2.75) is 63.9 Å². The number of amides is 1. The minimum absolute atomic E-state index is 0.100. The molecule has 1 aliphatic rings. The summed E-state index contributed by atoms with van der Waals surface area (Å²) in [5, 5.41) is 3.05. The molecule has 0 heterocycles. The van der Waals surface area contributed by atoms with Gasteiger partial charge in [-0.1, -0.05) is 60.7 Å². The molecule has 46 heavy (non-hydrogen) atoms. The zero-order chi connectivity index (χ0) is 33.3. The lowest BCUT2D eigenvalue weighted by Gasteiger charge is -2.37. The van der Waals surface area contributed by atoms with Gasteiger partial charge in [-0.3, -0.25) is 4.79 Å². The van der Waals surface area contributed by atoms with Crippen molar-refractivity contribution in [3.8, 4) is 5.75 Å². The van der Waals surface area contributed by atoms with Crippen molar-refractivity contribution < 1.29 is 22.7 Å². The number of carbonyl (C=O) groups excluding carboxylic acids is 1. The Hall–Kier alpha value is -3.24. The second-order valence-electron chi connectivity index (χ2n) is 12.8. The number of ether oxygens (including phenoxy) is 2. The van der Waals surface area contributed by atoms with Gasteiger partial charge in [0.15, 0.2) is 0 Å². The molecule has 3 aromatic rings. The summed E-state index contributed by atoms with van der Waals surface area (Å²) in [7, 11) is 2.02. The monoisotopic (exact) mass is 649 g/mol. The predicted molar refractivity (Wildman–Crippen MR) is 183 cm³/mol. The molecular weight excluding hydrogens is 598 g/mol. The van der Waals surface area contributed by atoms with E-state index in [0.717, 1.165) is 36.8 Å². The normalized spacial score (nSPS) is 17.7. The van der Waals surface area contributed by atoms with Gasteiger partial charge >= 0.3 is 0 Å². The fourth-order valence-electron chi connectivity index (χ4n) is 6.82. The molecule has 1 unspecified atom stereocenters. The molecule has 9 heteroatoms. The molecule has 1 atom stereocenters. The van der Waals surface area contributed by atoms with E-state index in [9.17, 15) is 13.2 Å². The van der Waals surface area contributed by atoms with Crippen LogP contribution >= 0.6 is 0 Å². The summed E-state index contributed by atoms with van der Waals surface area (Å²) in [5.41, 5.74) is 4.33. The number of benzene rings is 3. The van der Waals surface area contributed by atoms with Crippen molar-refractivity contribution in [2.24, 2.45) is 11.8 Å².